The Labute approximate surface area is 124 Å². The summed E-state index contributed by atoms with van der Waals surface area (Å²) in [5.41, 5.74) is 2.68. The topological polar surface area (TPSA) is 61.7 Å². The summed E-state index contributed by atoms with van der Waals surface area (Å²) in [7, 11) is 0. The lowest BCUT2D eigenvalue weighted by molar-refractivity contribution is 0.175. The van der Waals surface area contributed by atoms with Gasteiger partial charge in [0.05, 0.1) is 11.8 Å². The Bertz CT molecular complexity index is 590. The third-order valence-corrected chi connectivity index (χ3v) is 3.22. The van der Waals surface area contributed by atoms with E-state index in [-0.39, 0.29) is 0 Å². The molecule has 0 aromatic heterocycles. The molecule has 2 aromatic rings. The van der Waals surface area contributed by atoms with Gasteiger partial charge in [0.2, 0.25) is 6.08 Å². The van der Waals surface area contributed by atoms with E-state index in [1.54, 1.807) is 12.1 Å². The predicted octanol–water partition coefficient (Wildman–Crippen LogP) is 2.52. The molecule has 21 heavy (non-hydrogen) atoms. The molecule has 2 aromatic carbocycles. The van der Waals surface area contributed by atoms with Gasteiger partial charge in [0, 0.05) is 6.54 Å². The molecule has 1 atom stereocenters. The van der Waals surface area contributed by atoms with Crippen LogP contribution in [0.5, 0.6) is 0 Å². The van der Waals surface area contributed by atoms with Gasteiger partial charge >= 0.3 is 0 Å². The molecule has 2 rings (SSSR count). The zero-order valence-electron chi connectivity index (χ0n) is 11.7. The van der Waals surface area contributed by atoms with Crippen molar-refractivity contribution in [3.8, 4) is 0 Å². The highest BCUT2D eigenvalue weighted by atomic mass is 16.3. The molecule has 0 spiro atoms. The second kappa shape index (κ2) is 8.12. The maximum Gasteiger partial charge on any atom is 0.240 e. The fourth-order valence-corrected chi connectivity index (χ4v) is 2.05. The van der Waals surface area contributed by atoms with Crippen LogP contribution in [0.1, 0.15) is 17.2 Å². The summed E-state index contributed by atoms with van der Waals surface area (Å²) in [6.07, 6.45) is 1.88. The van der Waals surface area contributed by atoms with Gasteiger partial charge in [-0.15, -0.1) is 0 Å². The van der Waals surface area contributed by atoms with Crippen molar-refractivity contribution in [1.82, 2.24) is 5.32 Å². The van der Waals surface area contributed by atoms with Gasteiger partial charge in [-0.3, -0.25) is 0 Å². The summed E-state index contributed by atoms with van der Waals surface area (Å²) < 4.78 is 0. The first kappa shape index (κ1) is 15.1. The van der Waals surface area contributed by atoms with E-state index in [1.807, 2.05) is 42.5 Å². The lowest BCUT2D eigenvalue weighted by Gasteiger charge is -2.12. The maximum atomic E-state index is 10.1. The van der Waals surface area contributed by atoms with Crippen molar-refractivity contribution in [3.63, 3.8) is 0 Å². The Morgan fingerprint density at radius 1 is 1.10 bits per heavy atom. The smallest absolute Gasteiger partial charge is 0.240 e. The normalized spacial score (nSPS) is 11.7. The Kier molecular flexibility index (Phi) is 5.85. The second-order valence-corrected chi connectivity index (χ2v) is 4.75. The van der Waals surface area contributed by atoms with Crippen LogP contribution < -0.4 is 5.32 Å². The number of hydrogen-bond acceptors (Lipinski definition) is 4. The van der Waals surface area contributed by atoms with E-state index in [0.29, 0.717) is 12.2 Å². The van der Waals surface area contributed by atoms with Crippen LogP contribution >= 0.6 is 0 Å². The van der Waals surface area contributed by atoms with Gasteiger partial charge in [-0.05, 0) is 36.2 Å². The third kappa shape index (κ3) is 4.97. The highest BCUT2D eigenvalue weighted by molar-refractivity contribution is 5.49. The standard InChI is InChI=1S/C17H18N2O2/c20-13-19-16-8-6-14(7-9-16)10-11-18-12-17(21)15-4-2-1-3-5-15/h1-9,17-18,21H,10-12H2. The van der Waals surface area contributed by atoms with Crippen LogP contribution in [-0.2, 0) is 11.2 Å². The molecule has 4 nitrogen and oxygen atoms in total. The molecule has 0 heterocycles. The minimum absolute atomic E-state index is 0.490. The highest BCUT2D eigenvalue weighted by Gasteiger charge is 2.05. The molecule has 4 heteroatoms. The lowest BCUT2D eigenvalue weighted by Crippen LogP contribution is -2.23. The number of aliphatic hydroxyl groups is 1. The van der Waals surface area contributed by atoms with Gasteiger partial charge in [0.25, 0.3) is 0 Å². The van der Waals surface area contributed by atoms with Gasteiger partial charge in [-0.25, -0.2) is 4.79 Å². The van der Waals surface area contributed by atoms with Crippen LogP contribution in [0.4, 0.5) is 5.69 Å². The van der Waals surface area contributed by atoms with E-state index >= 15 is 0 Å². The number of nitrogens with zero attached hydrogens (tertiary/aromatic N) is 1. The Balaban J connectivity index is 1.73. The quantitative estimate of drug-likeness (QED) is 0.466. The van der Waals surface area contributed by atoms with Crippen LogP contribution in [0.15, 0.2) is 59.6 Å². The van der Waals surface area contributed by atoms with Gasteiger partial charge in [0.15, 0.2) is 0 Å². The summed E-state index contributed by atoms with van der Waals surface area (Å²) in [5.74, 6) is 0. The fourth-order valence-electron chi connectivity index (χ4n) is 2.05. The summed E-state index contributed by atoms with van der Waals surface area (Å²) >= 11 is 0. The number of isocyanates is 1. The summed E-state index contributed by atoms with van der Waals surface area (Å²) in [6.45, 7) is 1.30. The van der Waals surface area contributed by atoms with E-state index in [4.69, 9.17) is 0 Å². The number of rotatable bonds is 7. The zero-order chi connectivity index (χ0) is 14.9. The summed E-state index contributed by atoms with van der Waals surface area (Å²) in [4.78, 5) is 13.7. The van der Waals surface area contributed by atoms with Crippen molar-refractivity contribution < 1.29 is 9.90 Å². The van der Waals surface area contributed by atoms with Crippen molar-refractivity contribution in [2.45, 2.75) is 12.5 Å². The summed E-state index contributed by atoms with van der Waals surface area (Å²) in [6, 6.07) is 17.1. The van der Waals surface area contributed by atoms with Crippen molar-refractivity contribution in [1.29, 1.82) is 0 Å². The average Bonchev–Trinajstić information content (AvgIpc) is 2.54. The number of aliphatic imine (C=N–C) groups is 1. The highest BCUT2D eigenvalue weighted by Crippen LogP contribution is 2.13. The molecule has 0 aliphatic rings. The first-order valence-corrected chi connectivity index (χ1v) is 6.90. The molecule has 0 fully saturated rings. The van der Waals surface area contributed by atoms with Crippen LogP contribution in [0, 0.1) is 0 Å². The first-order chi connectivity index (χ1) is 10.3. The molecule has 0 amide bonds. The van der Waals surface area contributed by atoms with E-state index in [1.165, 1.54) is 6.08 Å². The molecule has 0 aliphatic heterocycles. The van der Waals surface area contributed by atoms with Gasteiger partial charge in [-0.1, -0.05) is 42.5 Å². The van der Waals surface area contributed by atoms with Gasteiger partial charge in [0.1, 0.15) is 0 Å². The molecular formula is C17H18N2O2. The number of benzene rings is 2. The largest absolute Gasteiger partial charge is 0.387 e. The van der Waals surface area contributed by atoms with E-state index in [9.17, 15) is 9.90 Å². The number of aliphatic hydroxyl groups excluding tert-OH is 1. The molecular weight excluding hydrogens is 264 g/mol. The third-order valence-electron chi connectivity index (χ3n) is 3.22. The van der Waals surface area contributed by atoms with Gasteiger partial charge in [-0.2, -0.15) is 4.99 Å². The molecule has 108 valence electrons. The molecule has 0 saturated carbocycles. The molecule has 0 bridgehead atoms. The van der Waals surface area contributed by atoms with Gasteiger partial charge < -0.3 is 10.4 Å². The van der Waals surface area contributed by atoms with E-state index < -0.39 is 6.10 Å². The predicted molar refractivity (Wildman–Crippen MR) is 82.2 cm³/mol. The number of hydrogen-bond donors (Lipinski definition) is 2. The van der Waals surface area contributed by atoms with Crippen molar-refractivity contribution in [2.75, 3.05) is 13.1 Å². The Hall–Kier alpha value is -2.26. The van der Waals surface area contributed by atoms with Crippen LogP contribution in [0.25, 0.3) is 0 Å². The molecule has 0 saturated heterocycles. The summed E-state index contributed by atoms with van der Waals surface area (Å²) in [5, 5.41) is 13.2. The molecule has 2 N–H and O–H groups in total. The van der Waals surface area contributed by atoms with Crippen molar-refractivity contribution in [2.24, 2.45) is 4.99 Å². The first-order valence-electron chi connectivity index (χ1n) is 6.90. The minimum atomic E-state index is -0.490. The molecule has 0 aliphatic carbocycles. The Morgan fingerprint density at radius 2 is 1.81 bits per heavy atom. The van der Waals surface area contributed by atoms with E-state index in [2.05, 4.69) is 10.3 Å². The number of nitrogens with one attached hydrogen (secondary N) is 1. The van der Waals surface area contributed by atoms with Crippen molar-refractivity contribution >= 4 is 11.8 Å². The SMILES string of the molecule is O=C=Nc1ccc(CCNCC(O)c2ccccc2)cc1. The monoisotopic (exact) mass is 282 g/mol. The molecule has 1 unspecified atom stereocenters. The Morgan fingerprint density at radius 3 is 2.48 bits per heavy atom. The van der Waals surface area contributed by atoms with Crippen LogP contribution in [0.3, 0.4) is 0 Å². The van der Waals surface area contributed by atoms with Crippen LogP contribution in [-0.4, -0.2) is 24.3 Å². The maximum absolute atomic E-state index is 10.1. The molecule has 0 radical (unpaired) electrons. The van der Waals surface area contributed by atoms with Crippen molar-refractivity contribution in [3.05, 3.63) is 65.7 Å². The average molecular weight is 282 g/mol. The van der Waals surface area contributed by atoms with Crippen LogP contribution in [0.2, 0.25) is 0 Å². The fraction of sp³-hybridized carbons (Fsp3) is 0.235. The van der Waals surface area contributed by atoms with E-state index in [0.717, 1.165) is 24.1 Å². The minimum Gasteiger partial charge on any atom is -0.387 e. The second-order valence-electron chi connectivity index (χ2n) is 4.75. The lowest BCUT2D eigenvalue weighted by atomic mass is 10.1. The number of carbonyl (C=O) groups excluding carboxylic acids is 1. The zero-order valence-corrected chi connectivity index (χ0v) is 11.7.